The summed E-state index contributed by atoms with van der Waals surface area (Å²) in [4.78, 5) is 28.4. The first-order valence-corrected chi connectivity index (χ1v) is 10.7. The Balaban J connectivity index is 1.96. The lowest BCUT2D eigenvalue weighted by Gasteiger charge is -2.34. The van der Waals surface area contributed by atoms with Crippen LogP contribution in [-0.4, -0.2) is 30.8 Å². The van der Waals surface area contributed by atoms with Gasteiger partial charge >= 0.3 is 0 Å². The molecular weight excluding hydrogens is 392 g/mol. The van der Waals surface area contributed by atoms with E-state index in [1.54, 1.807) is 54.6 Å². The van der Waals surface area contributed by atoms with E-state index in [1.165, 1.54) is 4.88 Å². The molecule has 0 aliphatic heterocycles. The highest BCUT2D eigenvalue weighted by Gasteiger charge is 2.34. The molecule has 3 rings (SSSR count). The van der Waals surface area contributed by atoms with Gasteiger partial charge < -0.3 is 10.2 Å². The molecule has 1 aromatic heterocycles. The molecule has 1 aliphatic carbocycles. The molecule has 6 heteroatoms. The summed E-state index contributed by atoms with van der Waals surface area (Å²) in [5.41, 5.74) is 2.50. The molecule has 1 aliphatic rings. The van der Waals surface area contributed by atoms with Gasteiger partial charge in [0.25, 0.3) is 11.8 Å². The van der Waals surface area contributed by atoms with E-state index in [0.717, 1.165) is 24.8 Å². The maximum Gasteiger partial charge on any atom is 0.256 e. The Hall–Kier alpha value is -1.85. The predicted octanol–water partition coefficient (Wildman–Crippen LogP) is 5.51. The first-order chi connectivity index (χ1) is 13.1. The van der Waals surface area contributed by atoms with Gasteiger partial charge in [0.2, 0.25) is 0 Å². The van der Waals surface area contributed by atoms with E-state index in [4.69, 9.17) is 11.6 Å². The largest absolute Gasteiger partial charge is 0.345 e. The third-order valence-corrected chi connectivity index (χ3v) is 6.87. The summed E-state index contributed by atoms with van der Waals surface area (Å²) in [6, 6.07) is 6.76. The molecule has 2 amide bonds. The molecule has 1 aromatic carbocycles. The minimum Gasteiger partial charge on any atom is -0.345 e. The van der Waals surface area contributed by atoms with Gasteiger partial charge in [-0.15, -0.1) is 11.3 Å². The molecular formula is C22H27ClN2O2S. The zero-order valence-electron chi connectivity index (χ0n) is 17.1. The van der Waals surface area contributed by atoms with E-state index in [-0.39, 0.29) is 17.2 Å². The van der Waals surface area contributed by atoms with Crippen LogP contribution in [0.15, 0.2) is 24.3 Å². The topological polar surface area (TPSA) is 49.4 Å². The van der Waals surface area contributed by atoms with Crippen LogP contribution in [0.3, 0.4) is 0 Å². The number of halogens is 1. The number of hydrogen-bond acceptors (Lipinski definition) is 3. The minimum absolute atomic E-state index is 0.0573. The molecule has 1 heterocycles. The molecule has 0 saturated heterocycles. The Labute approximate surface area is 175 Å². The van der Waals surface area contributed by atoms with Crippen molar-refractivity contribution in [1.82, 2.24) is 4.90 Å². The first-order valence-electron chi connectivity index (χ1n) is 9.51. The molecule has 0 spiro atoms. The van der Waals surface area contributed by atoms with Gasteiger partial charge in [-0.2, -0.15) is 0 Å². The van der Waals surface area contributed by atoms with E-state index in [9.17, 15) is 9.59 Å². The number of amides is 2. The van der Waals surface area contributed by atoms with Crippen molar-refractivity contribution < 1.29 is 9.59 Å². The van der Waals surface area contributed by atoms with Gasteiger partial charge in [-0.1, -0.05) is 32.4 Å². The van der Waals surface area contributed by atoms with Gasteiger partial charge in [0.05, 0.1) is 5.56 Å². The van der Waals surface area contributed by atoms with Crippen LogP contribution in [-0.2, 0) is 12.8 Å². The number of fused-ring (bicyclic) bond motifs is 1. The summed E-state index contributed by atoms with van der Waals surface area (Å²) in [7, 11) is 3.50. The molecule has 28 heavy (non-hydrogen) atoms. The van der Waals surface area contributed by atoms with Crippen LogP contribution in [0.25, 0.3) is 0 Å². The fraction of sp³-hybridized carbons (Fsp3) is 0.455. The van der Waals surface area contributed by atoms with E-state index in [1.807, 2.05) is 0 Å². The second kappa shape index (κ2) is 7.88. The van der Waals surface area contributed by atoms with Crippen LogP contribution < -0.4 is 5.32 Å². The van der Waals surface area contributed by atoms with Crippen LogP contribution in [0.1, 0.15) is 58.3 Å². The summed E-state index contributed by atoms with van der Waals surface area (Å²) in [6.45, 7) is 6.81. The normalized spacial score (nSPS) is 16.4. The fourth-order valence-electron chi connectivity index (χ4n) is 3.64. The van der Waals surface area contributed by atoms with Crippen molar-refractivity contribution >= 4 is 39.8 Å². The molecule has 0 saturated carbocycles. The highest BCUT2D eigenvalue weighted by atomic mass is 35.5. The number of thiophene rings is 1. The Morgan fingerprint density at radius 1 is 1.18 bits per heavy atom. The SMILES string of the molecule is CN(C)C(=O)c1c(NC(=O)c2ccc(Cl)cc2)sc2c1CCC(C(C)(C)C)C2. The maximum absolute atomic E-state index is 12.9. The van der Waals surface area contributed by atoms with Crippen molar-refractivity contribution in [3.63, 3.8) is 0 Å². The van der Waals surface area contributed by atoms with Crippen molar-refractivity contribution in [2.75, 3.05) is 19.4 Å². The van der Waals surface area contributed by atoms with Crippen LogP contribution in [0, 0.1) is 11.3 Å². The summed E-state index contributed by atoms with van der Waals surface area (Å²) < 4.78 is 0. The zero-order chi connectivity index (χ0) is 20.6. The van der Waals surface area contributed by atoms with E-state index < -0.39 is 0 Å². The first kappa shape index (κ1) is 20.9. The number of nitrogens with zero attached hydrogens (tertiary/aromatic N) is 1. The number of rotatable bonds is 3. The number of anilines is 1. The Morgan fingerprint density at radius 3 is 2.39 bits per heavy atom. The maximum atomic E-state index is 12.9. The van der Waals surface area contributed by atoms with Gasteiger partial charge in [-0.3, -0.25) is 9.59 Å². The van der Waals surface area contributed by atoms with Gasteiger partial charge in [0.15, 0.2) is 0 Å². The standard InChI is InChI=1S/C22H27ClN2O2S/c1-22(2,3)14-8-11-16-17(12-14)28-20(18(16)21(27)25(4)5)24-19(26)13-6-9-15(23)10-7-13/h6-7,9-10,14H,8,11-12H2,1-5H3,(H,24,26). The molecule has 1 atom stereocenters. The van der Waals surface area contributed by atoms with Gasteiger partial charge in [-0.25, -0.2) is 0 Å². The number of carbonyl (C=O) groups excluding carboxylic acids is 2. The highest BCUT2D eigenvalue weighted by Crippen LogP contribution is 2.44. The fourth-order valence-corrected chi connectivity index (χ4v) is 5.08. The Morgan fingerprint density at radius 2 is 1.82 bits per heavy atom. The van der Waals surface area contributed by atoms with E-state index >= 15 is 0 Å². The smallest absolute Gasteiger partial charge is 0.256 e. The lowest BCUT2D eigenvalue weighted by Crippen LogP contribution is -2.28. The minimum atomic E-state index is -0.226. The quantitative estimate of drug-likeness (QED) is 0.714. The second-order valence-electron chi connectivity index (χ2n) is 8.67. The molecule has 0 bridgehead atoms. The number of carbonyl (C=O) groups is 2. The highest BCUT2D eigenvalue weighted by molar-refractivity contribution is 7.17. The second-order valence-corrected chi connectivity index (χ2v) is 10.2. The van der Waals surface area contributed by atoms with Crippen LogP contribution in [0.4, 0.5) is 5.00 Å². The summed E-state index contributed by atoms with van der Waals surface area (Å²) in [6.07, 6.45) is 2.89. The Kier molecular flexibility index (Phi) is 5.87. The van der Waals surface area contributed by atoms with Gasteiger partial charge in [0, 0.05) is 29.6 Å². The van der Waals surface area contributed by atoms with Crippen LogP contribution >= 0.6 is 22.9 Å². The van der Waals surface area contributed by atoms with Gasteiger partial charge in [-0.05, 0) is 60.4 Å². The van der Waals surface area contributed by atoms with E-state index in [2.05, 4.69) is 26.1 Å². The van der Waals surface area contributed by atoms with Crippen molar-refractivity contribution in [3.05, 3.63) is 50.9 Å². The molecule has 1 unspecified atom stereocenters. The monoisotopic (exact) mass is 418 g/mol. The number of benzene rings is 1. The van der Waals surface area contributed by atoms with Crippen molar-refractivity contribution in [2.45, 2.75) is 40.0 Å². The van der Waals surface area contributed by atoms with Crippen LogP contribution in [0.2, 0.25) is 5.02 Å². The average molecular weight is 419 g/mol. The molecule has 0 fully saturated rings. The van der Waals surface area contributed by atoms with Crippen molar-refractivity contribution in [2.24, 2.45) is 11.3 Å². The zero-order valence-corrected chi connectivity index (χ0v) is 18.6. The third kappa shape index (κ3) is 4.26. The molecule has 2 aromatic rings. The van der Waals surface area contributed by atoms with Crippen molar-refractivity contribution in [1.29, 1.82) is 0 Å². The number of nitrogens with one attached hydrogen (secondary N) is 1. The summed E-state index contributed by atoms with van der Waals surface area (Å²) in [5, 5.41) is 4.22. The average Bonchev–Trinajstić information content (AvgIpc) is 2.97. The Bertz CT molecular complexity index is 894. The lowest BCUT2D eigenvalue weighted by molar-refractivity contribution is 0.0827. The van der Waals surface area contributed by atoms with Gasteiger partial charge in [0.1, 0.15) is 5.00 Å². The molecule has 150 valence electrons. The predicted molar refractivity (Wildman–Crippen MR) is 117 cm³/mol. The summed E-state index contributed by atoms with van der Waals surface area (Å²) in [5.74, 6) is 0.286. The molecule has 4 nitrogen and oxygen atoms in total. The number of hydrogen-bond donors (Lipinski definition) is 1. The summed E-state index contributed by atoms with van der Waals surface area (Å²) >= 11 is 7.47. The molecule has 1 N–H and O–H groups in total. The third-order valence-electron chi connectivity index (χ3n) is 5.44. The van der Waals surface area contributed by atoms with E-state index in [0.29, 0.717) is 27.1 Å². The lowest BCUT2D eigenvalue weighted by atomic mass is 9.72. The van der Waals surface area contributed by atoms with Crippen molar-refractivity contribution in [3.8, 4) is 0 Å². The van der Waals surface area contributed by atoms with Crippen LogP contribution in [0.5, 0.6) is 0 Å². The molecule has 0 radical (unpaired) electrons.